The molecule has 2 heterocycles. The van der Waals surface area contributed by atoms with Crippen molar-refractivity contribution in [2.75, 3.05) is 5.73 Å². The van der Waals surface area contributed by atoms with Gasteiger partial charge < -0.3 is 5.73 Å². The Kier molecular flexibility index (Phi) is 2.63. The molecule has 2 aromatic rings. The minimum atomic E-state index is 0.784. The Balaban J connectivity index is 2.26. The van der Waals surface area contributed by atoms with Gasteiger partial charge in [0.05, 0.1) is 0 Å². The van der Waals surface area contributed by atoms with Gasteiger partial charge in [-0.2, -0.15) is 0 Å². The maximum atomic E-state index is 5.85. The van der Waals surface area contributed by atoms with Crippen LogP contribution in [-0.2, 0) is 6.42 Å². The number of pyridine rings is 2. The summed E-state index contributed by atoms with van der Waals surface area (Å²) in [5, 5.41) is 0. The molecule has 0 atom stereocenters. The minimum absolute atomic E-state index is 0.784. The third kappa shape index (κ3) is 2.31. The Hall–Kier alpha value is -1.90. The average molecular weight is 199 g/mol. The van der Waals surface area contributed by atoms with Gasteiger partial charge in [-0.15, -0.1) is 0 Å². The Bertz CT molecular complexity index is 466. The number of hydrogen-bond acceptors (Lipinski definition) is 3. The molecule has 2 N–H and O–H groups in total. The third-order valence-corrected chi connectivity index (χ3v) is 2.27. The van der Waals surface area contributed by atoms with E-state index in [0.29, 0.717) is 0 Å². The summed E-state index contributed by atoms with van der Waals surface area (Å²) < 4.78 is 0. The fourth-order valence-electron chi connectivity index (χ4n) is 1.52. The third-order valence-electron chi connectivity index (χ3n) is 2.27. The van der Waals surface area contributed by atoms with Gasteiger partial charge in [0, 0.05) is 36.9 Å². The second kappa shape index (κ2) is 4.09. The van der Waals surface area contributed by atoms with Gasteiger partial charge in [0.2, 0.25) is 0 Å². The number of anilines is 1. The van der Waals surface area contributed by atoms with Gasteiger partial charge in [-0.3, -0.25) is 9.97 Å². The van der Waals surface area contributed by atoms with E-state index in [1.807, 2.05) is 25.4 Å². The number of hydrogen-bond donors (Lipinski definition) is 1. The summed E-state index contributed by atoms with van der Waals surface area (Å²) in [5.41, 5.74) is 10.00. The van der Waals surface area contributed by atoms with E-state index in [2.05, 4.69) is 16.0 Å². The van der Waals surface area contributed by atoms with E-state index in [0.717, 1.165) is 28.8 Å². The lowest BCUT2D eigenvalue weighted by Gasteiger charge is -2.04. The van der Waals surface area contributed by atoms with Gasteiger partial charge in [-0.1, -0.05) is 6.07 Å². The Morgan fingerprint density at radius 2 is 2.07 bits per heavy atom. The second-order valence-corrected chi connectivity index (χ2v) is 3.62. The first-order chi connectivity index (χ1) is 7.25. The standard InChI is InChI=1S/C12H13N3/c1-9-4-10(7-15-6-9)5-11-8-14-3-2-12(11)13/h2-4,6-8H,5H2,1H3,(H2,13,14). The second-order valence-electron chi connectivity index (χ2n) is 3.62. The summed E-state index contributed by atoms with van der Waals surface area (Å²) in [6.07, 6.45) is 7.99. The van der Waals surface area contributed by atoms with Crippen molar-refractivity contribution in [1.82, 2.24) is 9.97 Å². The van der Waals surface area contributed by atoms with Gasteiger partial charge in [-0.05, 0) is 29.7 Å². The van der Waals surface area contributed by atoms with Crippen LogP contribution in [0.2, 0.25) is 0 Å². The van der Waals surface area contributed by atoms with Crippen molar-refractivity contribution in [3.8, 4) is 0 Å². The lowest BCUT2D eigenvalue weighted by molar-refractivity contribution is 1.11. The summed E-state index contributed by atoms with van der Waals surface area (Å²) in [6.45, 7) is 2.03. The minimum Gasteiger partial charge on any atom is -0.398 e. The number of aromatic nitrogens is 2. The maximum absolute atomic E-state index is 5.85. The highest BCUT2D eigenvalue weighted by atomic mass is 14.7. The molecular formula is C12H13N3. The molecule has 0 saturated carbocycles. The van der Waals surface area contributed by atoms with Crippen molar-refractivity contribution in [1.29, 1.82) is 0 Å². The van der Waals surface area contributed by atoms with Crippen LogP contribution in [0.5, 0.6) is 0 Å². The largest absolute Gasteiger partial charge is 0.398 e. The van der Waals surface area contributed by atoms with Crippen LogP contribution in [0, 0.1) is 6.92 Å². The quantitative estimate of drug-likeness (QED) is 0.804. The fourth-order valence-corrected chi connectivity index (χ4v) is 1.52. The molecule has 0 saturated heterocycles. The van der Waals surface area contributed by atoms with Crippen LogP contribution in [-0.4, -0.2) is 9.97 Å². The molecule has 0 spiro atoms. The molecule has 76 valence electrons. The molecule has 0 bridgehead atoms. The zero-order chi connectivity index (χ0) is 10.7. The van der Waals surface area contributed by atoms with Crippen LogP contribution in [0.15, 0.2) is 36.9 Å². The molecule has 2 rings (SSSR count). The molecule has 3 heteroatoms. The number of aryl methyl sites for hydroxylation is 1. The molecule has 0 aliphatic carbocycles. The lowest BCUT2D eigenvalue weighted by Crippen LogP contribution is -1.97. The molecule has 0 fully saturated rings. The van der Waals surface area contributed by atoms with Crippen molar-refractivity contribution in [3.63, 3.8) is 0 Å². The van der Waals surface area contributed by atoms with Crippen LogP contribution >= 0.6 is 0 Å². The van der Waals surface area contributed by atoms with E-state index in [-0.39, 0.29) is 0 Å². The van der Waals surface area contributed by atoms with E-state index in [9.17, 15) is 0 Å². The Morgan fingerprint density at radius 1 is 1.20 bits per heavy atom. The summed E-state index contributed by atoms with van der Waals surface area (Å²) in [4.78, 5) is 8.21. The molecule has 15 heavy (non-hydrogen) atoms. The zero-order valence-electron chi connectivity index (χ0n) is 8.64. The summed E-state index contributed by atoms with van der Waals surface area (Å²) in [7, 11) is 0. The van der Waals surface area contributed by atoms with E-state index in [1.54, 1.807) is 12.4 Å². The van der Waals surface area contributed by atoms with Gasteiger partial charge in [-0.25, -0.2) is 0 Å². The first-order valence-corrected chi connectivity index (χ1v) is 4.84. The molecule has 2 aromatic heterocycles. The van der Waals surface area contributed by atoms with Gasteiger partial charge in [0.15, 0.2) is 0 Å². The first kappa shape index (κ1) is 9.65. The number of rotatable bonds is 2. The van der Waals surface area contributed by atoms with Crippen LogP contribution < -0.4 is 5.73 Å². The highest BCUT2D eigenvalue weighted by Gasteiger charge is 2.00. The van der Waals surface area contributed by atoms with Gasteiger partial charge in [0.25, 0.3) is 0 Å². The lowest BCUT2D eigenvalue weighted by atomic mass is 10.1. The smallest absolute Gasteiger partial charge is 0.0380 e. The van der Waals surface area contributed by atoms with E-state index in [1.165, 1.54) is 0 Å². The topological polar surface area (TPSA) is 51.8 Å². The molecule has 0 amide bonds. The Labute approximate surface area is 89.0 Å². The zero-order valence-corrected chi connectivity index (χ0v) is 8.64. The fraction of sp³-hybridized carbons (Fsp3) is 0.167. The highest BCUT2D eigenvalue weighted by molar-refractivity contribution is 5.46. The molecule has 0 aromatic carbocycles. The molecule has 0 aliphatic rings. The molecule has 0 radical (unpaired) electrons. The Morgan fingerprint density at radius 3 is 2.80 bits per heavy atom. The summed E-state index contributed by atoms with van der Waals surface area (Å²) in [6, 6.07) is 3.93. The van der Waals surface area contributed by atoms with Gasteiger partial charge in [0.1, 0.15) is 0 Å². The van der Waals surface area contributed by atoms with Crippen LogP contribution in [0.25, 0.3) is 0 Å². The molecule has 0 aliphatic heterocycles. The van der Waals surface area contributed by atoms with Gasteiger partial charge >= 0.3 is 0 Å². The number of nitrogen functional groups attached to an aromatic ring is 1. The normalized spacial score (nSPS) is 10.2. The highest BCUT2D eigenvalue weighted by Crippen LogP contribution is 2.14. The molecular weight excluding hydrogens is 186 g/mol. The van der Waals surface area contributed by atoms with Crippen molar-refractivity contribution >= 4 is 5.69 Å². The summed E-state index contributed by atoms with van der Waals surface area (Å²) >= 11 is 0. The van der Waals surface area contributed by atoms with Crippen LogP contribution in [0.4, 0.5) is 5.69 Å². The van der Waals surface area contributed by atoms with Crippen molar-refractivity contribution in [2.45, 2.75) is 13.3 Å². The predicted octanol–water partition coefficient (Wildman–Crippen LogP) is 1.96. The number of nitrogens with zero attached hydrogens (tertiary/aromatic N) is 2. The maximum Gasteiger partial charge on any atom is 0.0380 e. The molecule has 3 nitrogen and oxygen atoms in total. The van der Waals surface area contributed by atoms with Crippen LogP contribution in [0.1, 0.15) is 16.7 Å². The summed E-state index contributed by atoms with van der Waals surface area (Å²) in [5.74, 6) is 0. The van der Waals surface area contributed by atoms with Crippen molar-refractivity contribution in [2.24, 2.45) is 0 Å². The van der Waals surface area contributed by atoms with Crippen molar-refractivity contribution in [3.05, 3.63) is 53.6 Å². The molecule has 0 unspecified atom stereocenters. The van der Waals surface area contributed by atoms with E-state index >= 15 is 0 Å². The number of nitrogens with two attached hydrogens (primary N) is 1. The average Bonchev–Trinajstić information content (AvgIpc) is 2.22. The van der Waals surface area contributed by atoms with E-state index < -0.39 is 0 Å². The first-order valence-electron chi connectivity index (χ1n) is 4.84. The van der Waals surface area contributed by atoms with E-state index in [4.69, 9.17) is 5.73 Å². The van der Waals surface area contributed by atoms with Crippen molar-refractivity contribution < 1.29 is 0 Å². The SMILES string of the molecule is Cc1cncc(Cc2cnccc2N)c1. The predicted molar refractivity (Wildman–Crippen MR) is 60.4 cm³/mol. The van der Waals surface area contributed by atoms with Crippen LogP contribution in [0.3, 0.4) is 0 Å². The monoisotopic (exact) mass is 199 g/mol.